The first kappa shape index (κ1) is 27.4. The molecule has 0 spiro atoms. The SMILES string of the molecule is C.C=CC(=O)OCCCCCCCCCCCCCCCCCCCO. The standard InChI is InChI=1S/C22H42O3.CH4/c1-2-22(24)25-21-19-17-15-13-11-9-7-5-3-4-6-8-10-12-14-16-18-20-23;/h2,23H,1,3-21H2;1H4. The molecule has 156 valence electrons. The zero-order chi connectivity index (χ0) is 18.4. The van der Waals surface area contributed by atoms with Crippen molar-refractivity contribution < 1.29 is 14.6 Å². The summed E-state index contributed by atoms with van der Waals surface area (Å²) >= 11 is 0. The van der Waals surface area contributed by atoms with Gasteiger partial charge in [-0.15, -0.1) is 0 Å². The Labute approximate surface area is 163 Å². The predicted octanol–water partition coefficient (Wildman–Crippen LogP) is 6.98. The molecule has 3 heteroatoms. The van der Waals surface area contributed by atoms with E-state index in [4.69, 9.17) is 9.84 Å². The van der Waals surface area contributed by atoms with Crippen molar-refractivity contribution in [3.8, 4) is 0 Å². The molecule has 0 radical (unpaired) electrons. The Balaban J connectivity index is 0. The highest BCUT2D eigenvalue weighted by atomic mass is 16.5. The molecule has 0 unspecified atom stereocenters. The minimum Gasteiger partial charge on any atom is -0.463 e. The molecule has 0 fully saturated rings. The number of unbranched alkanes of at least 4 members (excludes halogenated alkanes) is 16. The highest BCUT2D eigenvalue weighted by molar-refractivity contribution is 5.81. The number of hydrogen-bond acceptors (Lipinski definition) is 3. The lowest BCUT2D eigenvalue weighted by Crippen LogP contribution is -2.01. The molecule has 26 heavy (non-hydrogen) atoms. The van der Waals surface area contributed by atoms with Crippen LogP contribution in [0.1, 0.15) is 117 Å². The van der Waals surface area contributed by atoms with Gasteiger partial charge in [-0.25, -0.2) is 4.79 Å². The van der Waals surface area contributed by atoms with Gasteiger partial charge in [0, 0.05) is 12.7 Å². The van der Waals surface area contributed by atoms with Crippen LogP contribution in [-0.4, -0.2) is 24.3 Å². The quantitative estimate of drug-likeness (QED) is 0.143. The fourth-order valence-corrected chi connectivity index (χ4v) is 3.10. The second-order valence-electron chi connectivity index (χ2n) is 7.11. The van der Waals surface area contributed by atoms with Crippen molar-refractivity contribution in [3.05, 3.63) is 12.7 Å². The largest absolute Gasteiger partial charge is 0.463 e. The maximum Gasteiger partial charge on any atom is 0.330 e. The lowest BCUT2D eigenvalue weighted by Gasteiger charge is -2.04. The van der Waals surface area contributed by atoms with Gasteiger partial charge in [0.2, 0.25) is 0 Å². The molecular formula is C23H46O3. The highest BCUT2D eigenvalue weighted by Gasteiger charge is 1.96. The van der Waals surface area contributed by atoms with Gasteiger partial charge in [0.05, 0.1) is 6.61 Å². The van der Waals surface area contributed by atoms with E-state index in [1.54, 1.807) is 0 Å². The predicted molar refractivity (Wildman–Crippen MR) is 113 cm³/mol. The molecule has 0 heterocycles. The summed E-state index contributed by atoms with van der Waals surface area (Å²) < 4.78 is 4.95. The van der Waals surface area contributed by atoms with Crippen LogP contribution in [0.4, 0.5) is 0 Å². The summed E-state index contributed by atoms with van der Waals surface area (Å²) in [5.41, 5.74) is 0. The maximum atomic E-state index is 10.8. The van der Waals surface area contributed by atoms with E-state index < -0.39 is 0 Å². The van der Waals surface area contributed by atoms with Gasteiger partial charge in [-0.1, -0.05) is 110 Å². The van der Waals surface area contributed by atoms with E-state index in [1.165, 1.54) is 96.0 Å². The first-order valence-electron chi connectivity index (χ1n) is 10.7. The van der Waals surface area contributed by atoms with Crippen molar-refractivity contribution in [1.29, 1.82) is 0 Å². The van der Waals surface area contributed by atoms with Gasteiger partial charge in [-0.3, -0.25) is 0 Å². The third kappa shape index (κ3) is 23.2. The van der Waals surface area contributed by atoms with E-state index in [9.17, 15) is 4.79 Å². The summed E-state index contributed by atoms with van der Waals surface area (Å²) in [6.07, 6.45) is 23.2. The molecule has 0 amide bonds. The van der Waals surface area contributed by atoms with Gasteiger partial charge < -0.3 is 9.84 Å². The van der Waals surface area contributed by atoms with E-state index in [0.29, 0.717) is 13.2 Å². The van der Waals surface area contributed by atoms with Gasteiger partial charge >= 0.3 is 5.97 Å². The summed E-state index contributed by atoms with van der Waals surface area (Å²) in [4.78, 5) is 10.8. The van der Waals surface area contributed by atoms with Gasteiger partial charge in [-0.05, 0) is 12.8 Å². The summed E-state index contributed by atoms with van der Waals surface area (Å²) in [5, 5.41) is 8.71. The van der Waals surface area contributed by atoms with E-state index >= 15 is 0 Å². The van der Waals surface area contributed by atoms with Gasteiger partial charge in [0.1, 0.15) is 0 Å². The molecule has 0 aliphatic rings. The zero-order valence-electron chi connectivity index (χ0n) is 16.5. The van der Waals surface area contributed by atoms with Crippen LogP contribution < -0.4 is 0 Å². The van der Waals surface area contributed by atoms with Crippen molar-refractivity contribution in [2.24, 2.45) is 0 Å². The topological polar surface area (TPSA) is 46.5 Å². The van der Waals surface area contributed by atoms with Gasteiger partial charge in [-0.2, -0.15) is 0 Å². The number of hydrogen-bond donors (Lipinski definition) is 1. The molecule has 0 rings (SSSR count). The van der Waals surface area contributed by atoms with E-state index in [2.05, 4.69) is 6.58 Å². The third-order valence-electron chi connectivity index (χ3n) is 4.71. The van der Waals surface area contributed by atoms with E-state index in [1.807, 2.05) is 0 Å². The summed E-state index contributed by atoms with van der Waals surface area (Å²) in [6.45, 7) is 4.27. The Morgan fingerprint density at radius 1 is 0.654 bits per heavy atom. The average Bonchev–Trinajstić information content (AvgIpc) is 2.63. The Kier molecular flexibility index (Phi) is 25.5. The van der Waals surface area contributed by atoms with E-state index in [-0.39, 0.29) is 13.4 Å². The smallest absolute Gasteiger partial charge is 0.330 e. The molecule has 0 bridgehead atoms. The monoisotopic (exact) mass is 370 g/mol. The first-order valence-corrected chi connectivity index (χ1v) is 10.7. The number of esters is 1. The Hall–Kier alpha value is -0.830. The molecule has 0 aromatic rings. The second-order valence-corrected chi connectivity index (χ2v) is 7.11. The van der Waals surface area contributed by atoms with Crippen molar-refractivity contribution >= 4 is 5.97 Å². The number of carbonyl (C=O) groups excluding carboxylic acids is 1. The molecule has 0 aliphatic carbocycles. The number of rotatable bonds is 20. The molecule has 0 atom stereocenters. The molecule has 0 aromatic heterocycles. The van der Waals surface area contributed by atoms with Crippen LogP contribution >= 0.6 is 0 Å². The minimum atomic E-state index is -0.307. The molecule has 0 aromatic carbocycles. The van der Waals surface area contributed by atoms with Crippen LogP contribution in [0, 0.1) is 0 Å². The molecule has 0 saturated carbocycles. The fourth-order valence-electron chi connectivity index (χ4n) is 3.10. The van der Waals surface area contributed by atoms with Crippen LogP contribution in [0.15, 0.2) is 12.7 Å². The molecular weight excluding hydrogens is 324 g/mol. The van der Waals surface area contributed by atoms with Crippen molar-refractivity contribution in [2.75, 3.05) is 13.2 Å². The third-order valence-corrected chi connectivity index (χ3v) is 4.71. The van der Waals surface area contributed by atoms with Crippen LogP contribution in [0.3, 0.4) is 0 Å². The Morgan fingerprint density at radius 2 is 0.962 bits per heavy atom. The first-order chi connectivity index (χ1) is 12.3. The zero-order valence-corrected chi connectivity index (χ0v) is 16.5. The Morgan fingerprint density at radius 3 is 1.27 bits per heavy atom. The normalized spacial score (nSPS) is 10.3. The van der Waals surface area contributed by atoms with Crippen molar-refractivity contribution in [1.82, 2.24) is 0 Å². The van der Waals surface area contributed by atoms with Crippen molar-refractivity contribution in [3.63, 3.8) is 0 Å². The van der Waals surface area contributed by atoms with Crippen LogP contribution in [0.5, 0.6) is 0 Å². The lowest BCUT2D eigenvalue weighted by molar-refractivity contribution is -0.137. The summed E-state index contributed by atoms with van der Waals surface area (Å²) in [7, 11) is 0. The van der Waals surface area contributed by atoms with Crippen LogP contribution in [-0.2, 0) is 9.53 Å². The lowest BCUT2D eigenvalue weighted by atomic mass is 10.0. The molecule has 1 N–H and O–H groups in total. The highest BCUT2D eigenvalue weighted by Crippen LogP contribution is 2.14. The number of carbonyl (C=O) groups is 1. The van der Waals surface area contributed by atoms with Gasteiger partial charge in [0.15, 0.2) is 0 Å². The van der Waals surface area contributed by atoms with Crippen molar-refractivity contribution in [2.45, 2.75) is 117 Å². The minimum absolute atomic E-state index is 0. The van der Waals surface area contributed by atoms with Gasteiger partial charge in [0.25, 0.3) is 0 Å². The average molecular weight is 371 g/mol. The molecule has 0 aliphatic heterocycles. The number of aliphatic hydroxyl groups excluding tert-OH is 1. The Bertz CT molecular complexity index is 289. The van der Waals surface area contributed by atoms with E-state index in [0.717, 1.165) is 19.3 Å². The molecule has 3 nitrogen and oxygen atoms in total. The number of aliphatic hydroxyl groups is 1. The van der Waals surface area contributed by atoms with Crippen LogP contribution in [0.2, 0.25) is 0 Å². The second kappa shape index (κ2) is 24.2. The fraction of sp³-hybridized carbons (Fsp3) is 0.870. The molecule has 0 saturated heterocycles. The maximum absolute atomic E-state index is 10.8. The summed E-state index contributed by atoms with van der Waals surface area (Å²) in [6, 6.07) is 0. The summed E-state index contributed by atoms with van der Waals surface area (Å²) in [5.74, 6) is -0.307. The van der Waals surface area contributed by atoms with Crippen LogP contribution in [0.25, 0.3) is 0 Å². The number of ether oxygens (including phenoxy) is 1.